The summed E-state index contributed by atoms with van der Waals surface area (Å²) in [6.07, 6.45) is 0. The van der Waals surface area contributed by atoms with E-state index in [4.69, 9.17) is 16.3 Å². The predicted octanol–water partition coefficient (Wildman–Crippen LogP) is 5.88. The number of rotatable bonds is 3. The summed E-state index contributed by atoms with van der Waals surface area (Å²) >= 11 is 7.77. The number of thiophene rings is 1. The third-order valence-electron chi connectivity index (χ3n) is 3.26. The van der Waals surface area contributed by atoms with Gasteiger partial charge in [-0.3, -0.25) is 0 Å². The molecule has 0 atom stereocenters. The van der Waals surface area contributed by atoms with Gasteiger partial charge in [-0.15, -0.1) is 0 Å². The van der Waals surface area contributed by atoms with Crippen LogP contribution < -0.4 is 4.74 Å². The van der Waals surface area contributed by atoms with Crippen molar-refractivity contribution in [3.8, 4) is 28.0 Å². The summed E-state index contributed by atoms with van der Waals surface area (Å²) in [5, 5.41) is 4.62. The molecular weight excluding hydrogens is 307 g/mol. The molecule has 0 saturated carbocycles. The van der Waals surface area contributed by atoms with E-state index in [-0.39, 0.29) is 5.82 Å². The van der Waals surface area contributed by atoms with Crippen LogP contribution in [0.4, 0.5) is 4.39 Å². The molecule has 0 amide bonds. The quantitative estimate of drug-likeness (QED) is 0.585. The van der Waals surface area contributed by atoms with Crippen molar-refractivity contribution in [1.82, 2.24) is 0 Å². The van der Waals surface area contributed by atoms with Crippen LogP contribution in [0.15, 0.2) is 53.2 Å². The first-order chi connectivity index (χ1) is 10.2. The van der Waals surface area contributed by atoms with Crippen LogP contribution in [0, 0.1) is 5.82 Å². The Labute approximate surface area is 131 Å². The Morgan fingerprint density at radius 2 is 1.71 bits per heavy atom. The molecule has 4 heteroatoms. The van der Waals surface area contributed by atoms with E-state index in [0.29, 0.717) is 10.8 Å². The number of halogens is 2. The second-order valence-electron chi connectivity index (χ2n) is 4.56. The van der Waals surface area contributed by atoms with Crippen LogP contribution >= 0.6 is 22.9 Å². The molecule has 0 aliphatic carbocycles. The van der Waals surface area contributed by atoms with Crippen molar-refractivity contribution in [2.75, 3.05) is 7.11 Å². The third-order valence-corrected chi connectivity index (χ3v) is 4.30. The number of hydrogen-bond acceptors (Lipinski definition) is 2. The lowest BCUT2D eigenvalue weighted by Gasteiger charge is -2.08. The molecule has 0 bridgehead atoms. The zero-order valence-corrected chi connectivity index (χ0v) is 12.8. The van der Waals surface area contributed by atoms with Gasteiger partial charge in [0.05, 0.1) is 12.1 Å². The van der Waals surface area contributed by atoms with Crippen LogP contribution in [-0.2, 0) is 0 Å². The topological polar surface area (TPSA) is 9.23 Å². The van der Waals surface area contributed by atoms with Crippen molar-refractivity contribution in [3.63, 3.8) is 0 Å². The molecular formula is C17H12ClFOS. The summed E-state index contributed by atoms with van der Waals surface area (Å²) in [6.45, 7) is 0. The van der Waals surface area contributed by atoms with Crippen LogP contribution in [0.1, 0.15) is 0 Å². The SMILES string of the molecule is COc1ccc(-c2cscc2-c2cccc(F)c2)cc1Cl. The predicted molar refractivity (Wildman–Crippen MR) is 86.7 cm³/mol. The number of benzene rings is 2. The fraction of sp³-hybridized carbons (Fsp3) is 0.0588. The van der Waals surface area contributed by atoms with Crippen LogP contribution in [0.25, 0.3) is 22.3 Å². The van der Waals surface area contributed by atoms with Crippen molar-refractivity contribution in [2.24, 2.45) is 0 Å². The monoisotopic (exact) mass is 318 g/mol. The van der Waals surface area contributed by atoms with Crippen molar-refractivity contribution in [2.45, 2.75) is 0 Å². The largest absolute Gasteiger partial charge is 0.495 e. The molecule has 106 valence electrons. The van der Waals surface area contributed by atoms with E-state index in [1.807, 2.05) is 35.0 Å². The summed E-state index contributed by atoms with van der Waals surface area (Å²) in [4.78, 5) is 0. The van der Waals surface area contributed by atoms with Gasteiger partial charge in [0.2, 0.25) is 0 Å². The van der Waals surface area contributed by atoms with Crippen LogP contribution in [0.5, 0.6) is 5.75 Å². The molecule has 0 spiro atoms. The molecule has 0 saturated heterocycles. The minimum Gasteiger partial charge on any atom is -0.495 e. The molecule has 2 aromatic carbocycles. The Balaban J connectivity index is 2.09. The van der Waals surface area contributed by atoms with E-state index >= 15 is 0 Å². The zero-order valence-electron chi connectivity index (χ0n) is 11.3. The highest BCUT2D eigenvalue weighted by Crippen LogP contribution is 2.38. The van der Waals surface area contributed by atoms with E-state index in [1.165, 1.54) is 12.1 Å². The molecule has 0 N–H and O–H groups in total. The smallest absolute Gasteiger partial charge is 0.137 e. The number of ether oxygens (including phenoxy) is 1. The zero-order chi connectivity index (χ0) is 14.8. The lowest BCUT2D eigenvalue weighted by atomic mass is 9.99. The molecule has 0 radical (unpaired) electrons. The first kappa shape index (κ1) is 14.1. The molecule has 1 nitrogen and oxygen atoms in total. The second kappa shape index (κ2) is 5.88. The Kier molecular flexibility index (Phi) is 3.95. The second-order valence-corrected chi connectivity index (χ2v) is 5.71. The summed E-state index contributed by atoms with van der Waals surface area (Å²) in [7, 11) is 1.59. The average Bonchev–Trinajstić information content (AvgIpc) is 2.96. The minimum atomic E-state index is -0.239. The molecule has 0 aliphatic rings. The highest BCUT2D eigenvalue weighted by Gasteiger charge is 2.11. The number of methoxy groups -OCH3 is 1. The Bertz CT molecular complexity index is 782. The van der Waals surface area contributed by atoms with Gasteiger partial charge in [0.25, 0.3) is 0 Å². The van der Waals surface area contributed by atoms with E-state index < -0.39 is 0 Å². The van der Waals surface area contributed by atoms with Crippen molar-refractivity contribution in [3.05, 3.63) is 64.1 Å². The summed E-state index contributed by atoms with van der Waals surface area (Å²) in [5.74, 6) is 0.403. The number of hydrogen-bond donors (Lipinski definition) is 0. The molecule has 0 fully saturated rings. The van der Waals surface area contributed by atoms with Crippen molar-refractivity contribution < 1.29 is 9.13 Å². The lowest BCUT2D eigenvalue weighted by molar-refractivity contribution is 0.415. The summed E-state index contributed by atoms with van der Waals surface area (Å²) < 4.78 is 18.6. The summed E-state index contributed by atoms with van der Waals surface area (Å²) in [5.41, 5.74) is 3.88. The van der Waals surface area contributed by atoms with Gasteiger partial charge in [0, 0.05) is 11.1 Å². The molecule has 0 aliphatic heterocycles. The van der Waals surface area contributed by atoms with Gasteiger partial charge >= 0.3 is 0 Å². The van der Waals surface area contributed by atoms with E-state index in [1.54, 1.807) is 24.5 Å². The molecule has 0 unspecified atom stereocenters. The van der Waals surface area contributed by atoms with Gasteiger partial charge in [-0.1, -0.05) is 29.8 Å². The Morgan fingerprint density at radius 1 is 1.00 bits per heavy atom. The Hall–Kier alpha value is -1.84. The van der Waals surface area contributed by atoms with Gasteiger partial charge in [0.15, 0.2) is 0 Å². The highest BCUT2D eigenvalue weighted by molar-refractivity contribution is 7.08. The standard InChI is InChI=1S/C17H12ClFOS/c1-20-17-6-5-12(8-16(17)18)15-10-21-9-14(15)11-3-2-4-13(19)7-11/h2-10H,1H3. The maximum atomic E-state index is 13.4. The maximum absolute atomic E-state index is 13.4. The third kappa shape index (κ3) is 2.80. The first-order valence-electron chi connectivity index (χ1n) is 6.35. The van der Waals surface area contributed by atoms with Gasteiger partial charge in [-0.2, -0.15) is 11.3 Å². The normalized spacial score (nSPS) is 10.6. The van der Waals surface area contributed by atoms with E-state index in [0.717, 1.165) is 22.3 Å². The fourth-order valence-corrected chi connectivity index (χ4v) is 3.36. The van der Waals surface area contributed by atoms with Crippen molar-refractivity contribution in [1.29, 1.82) is 0 Å². The first-order valence-corrected chi connectivity index (χ1v) is 7.67. The van der Waals surface area contributed by atoms with Gasteiger partial charge < -0.3 is 4.74 Å². The van der Waals surface area contributed by atoms with Gasteiger partial charge in [-0.05, 0) is 46.2 Å². The molecule has 3 rings (SSSR count). The molecule has 3 aromatic rings. The van der Waals surface area contributed by atoms with Gasteiger partial charge in [-0.25, -0.2) is 4.39 Å². The average molecular weight is 319 g/mol. The minimum absolute atomic E-state index is 0.239. The van der Waals surface area contributed by atoms with Crippen LogP contribution in [0.3, 0.4) is 0 Å². The van der Waals surface area contributed by atoms with E-state index in [9.17, 15) is 4.39 Å². The van der Waals surface area contributed by atoms with E-state index in [2.05, 4.69) is 0 Å². The molecule has 21 heavy (non-hydrogen) atoms. The molecule has 1 aromatic heterocycles. The van der Waals surface area contributed by atoms with Crippen LogP contribution in [-0.4, -0.2) is 7.11 Å². The highest BCUT2D eigenvalue weighted by atomic mass is 35.5. The fourth-order valence-electron chi connectivity index (χ4n) is 2.23. The van der Waals surface area contributed by atoms with Crippen LogP contribution in [0.2, 0.25) is 5.02 Å². The maximum Gasteiger partial charge on any atom is 0.137 e. The Morgan fingerprint density at radius 3 is 2.33 bits per heavy atom. The lowest BCUT2D eigenvalue weighted by Crippen LogP contribution is -1.86. The summed E-state index contributed by atoms with van der Waals surface area (Å²) in [6, 6.07) is 12.3. The molecule has 1 heterocycles. The van der Waals surface area contributed by atoms with Gasteiger partial charge in [0.1, 0.15) is 11.6 Å². The van der Waals surface area contributed by atoms with Crippen molar-refractivity contribution >= 4 is 22.9 Å².